The maximum atomic E-state index is 11.7. The molecule has 0 aliphatic carbocycles. The molecule has 0 aromatic heterocycles. The molecule has 2 heterocycles. The smallest absolute Gasteiger partial charge is 0.308 e. The number of nitrogens with zero attached hydrogens (tertiary/aromatic N) is 1. The fourth-order valence-electron chi connectivity index (χ4n) is 4.05. The van der Waals surface area contributed by atoms with E-state index in [4.69, 9.17) is 0 Å². The van der Waals surface area contributed by atoms with Gasteiger partial charge in [-0.25, -0.2) is 0 Å². The molecule has 2 bridgehead atoms. The molecule has 102 valence electrons. The van der Waals surface area contributed by atoms with Crippen LogP contribution in [-0.2, 0) is 4.79 Å². The number of hydrogen-bond acceptors (Lipinski definition) is 2. The van der Waals surface area contributed by atoms with Crippen LogP contribution >= 0.6 is 0 Å². The zero-order valence-corrected chi connectivity index (χ0v) is 11.5. The third kappa shape index (κ3) is 2.06. The van der Waals surface area contributed by atoms with Gasteiger partial charge in [-0.2, -0.15) is 0 Å². The highest BCUT2D eigenvalue weighted by molar-refractivity contribution is 5.73. The molecule has 4 unspecified atom stereocenters. The van der Waals surface area contributed by atoms with Gasteiger partial charge in [-0.15, -0.1) is 0 Å². The molecule has 0 radical (unpaired) electrons. The van der Waals surface area contributed by atoms with Gasteiger partial charge in [0.1, 0.15) is 0 Å². The van der Waals surface area contributed by atoms with Crippen LogP contribution in [0.2, 0.25) is 0 Å². The second-order valence-corrected chi connectivity index (χ2v) is 6.08. The summed E-state index contributed by atoms with van der Waals surface area (Å²) in [6.07, 6.45) is 3.15. The van der Waals surface area contributed by atoms with E-state index in [0.717, 1.165) is 19.3 Å². The summed E-state index contributed by atoms with van der Waals surface area (Å²) in [5.41, 5.74) is 2.42. The molecule has 1 aromatic rings. The summed E-state index contributed by atoms with van der Waals surface area (Å²) >= 11 is 0. The van der Waals surface area contributed by atoms with E-state index < -0.39 is 5.97 Å². The number of carboxylic acid groups (broad SMARTS) is 1. The largest absolute Gasteiger partial charge is 0.481 e. The van der Waals surface area contributed by atoms with Gasteiger partial charge in [-0.3, -0.25) is 9.69 Å². The Kier molecular flexibility index (Phi) is 3.09. The van der Waals surface area contributed by atoms with Crippen LogP contribution < -0.4 is 0 Å². The Morgan fingerprint density at radius 3 is 2.84 bits per heavy atom. The maximum Gasteiger partial charge on any atom is 0.308 e. The first-order chi connectivity index (χ1) is 9.08. The minimum atomic E-state index is -0.635. The van der Waals surface area contributed by atoms with Crippen molar-refractivity contribution in [3.63, 3.8) is 0 Å². The molecule has 0 amide bonds. The first-order valence-corrected chi connectivity index (χ1v) is 7.09. The van der Waals surface area contributed by atoms with Crippen LogP contribution in [0.5, 0.6) is 0 Å². The molecule has 3 heteroatoms. The highest BCUT2D eigenvalue weighted by atomic mass is 16.4. The van der Waals surface area contributed by atoms with Gasteiger partial charge in [0.25, 0.3) is 0 Å². The van der Waals surface area contributed by atoms with Crippen molar-refractivity contribution in [1.82, 2.24) is 4.90 Å². The number of aliphatic carboxylic acids is 1. The molecule has 2 saturated heterocycles. The molecular weight excluding hydrogens is 238 g/mol. The number of hydrogen-bond donors (Lipinski definition) is 1. The summed E-state index contributed by atoms with van der Waals surface area (Å²) in [6.45, 7) is 2.07. The molecule has 2 fully saturated rings. The van der Waals surface area contributed by atoms with Crippen molar-refractivity contribution in [2.75, 3.05) is 7.05 Å². The van der Waals surface area contributed by atoms with Crippen molar-refractivity contribution in [2.24, 2.45) is 5.92 Å². The van der Waals surface area contributed by atoms with Gasteiger partial charge in [0.2, 0.25) is 0 Å². The predicted molar refractivity (Wildman–Crippen MR) is 74.2 cm³/mol. The molecule has 1 aromatic carbocycles. The highest BCUT2D eigenvalue weighted by Crippen LogP contribution is 2.46. The molecule has 3 rings (SSSR count). The lowest BCUT2D eigenvalue weighted by molar-refractivity contribution is -0.146. The van der Waals surface area contributed by atoms with Gasteiger partial charge < -0.3 is 5.11 Å². The average Bonchev–Trinajstić information content (AvgIpc) is 2.62. The molecule has 19 heavy (non-hydrogen) atoms. The number of aryl methyl sites for hydroxylation is 1. The summed E-state index contributed by atoms with van der Waals surface area (Å²) < 4.78 is 0. The van der Waals surface area contributed by atoms with Crippen LogP contribution in [0, 0.1) is 12.8 Å². The van der Waals surface area contributed by atoms with Gasteiger partial charge >= 0.3 is 5.97 Å². The van der Waals surface area contributed by atoms with Gasteiger partial charge in [0.15, 0.2) is 0 Å². The van der Waals surface area contributed by atoms with Gasteiger partial charge in [-0.05, 0) is 38.8 Å². The minimum Gasteiger partial charge on any atom is -0.481 e. The monoisotopic (exact) mass is 259 g/mol. The number of rotatable bonds is 2. The molecule has 3 nitrogen and oxygen atoms in total. The first kappa shape index (κ1) is 12.7. The minimum absolute atomic E-state index is 0.172. The molecular formula is C16H21NO2. The van der Waals surface area contributed by atoms with Crippen molar-refractivity contribution in [3.05, 3.63) is 35.4 Å². The van der Waals surface area contributed by atoms with Crippen LogP contribution in [0.15, 0.2) is 24.3 Å². The van der Waals surface area contributed by atoms with Gasteiger partial charge in [0.05, 0.1) is 5.92 Å². The van der Waals surface area contributed by atoms with Crippen molar-refractivity contribution >= 4 is 5.97 Å². The summed E-state index contributed by atoms with van der Waals surface area (Å²) in [5.74, 6) is -0.722. The third-order valence-corrected chi connectivity index (χ3v) is 5.02. The van der Waals surface area contributed by atoms with E-state index in [1.165, 1.54) is 11.1 Å². The van der Waals surface area contributed by atoms with E-state index in [0.29, 0.717) is 6.04 Å². The molecule has 2 aliphatic rings. The Morgan fingerprint density at radius 1 is 1.37 bits per heavy atom. The van der Waals surface area contributed by atoms with Crippen molar-refractivity contribution < 1.29 is 9.90 Å². The van der Waals surface area contributed by atoms with E-state index >= 15 is 0 Å². The average molecular weight is 259 g/mol. The quantitative estimate of drug-likeness (QED) is 0.887. The molecule has 0 saturated carbocycles. The highest BCUT2D eigenvalue weighted by Gasteiger charge is 2.49. The number of carboxylic acids is 1. The lowest BCUT2D eigenvalue weighted by Crippen LogP contribution is -2.48. The Hall–Kier alpha value is -1.35. The van der Waals surface area contributed by atoms with Crippen LogP contribution in [0.3, 0.4) is 0 Å². The molecule has 1 N–H and O–H groups in total. The summed E-state index contributed by atoms with van der Waals surface area (Å²) in [7, 11) is 2.09. The Labute approximate surface area is 114 Å². The van der Waals surface area contributed by atoms with Crippen LogP contribution in [0.25, 0.3) is 0 Å². The van der Waals surface area contributed by atoms with Crippen molar-refractivity contribution in [2.45, 2.75) is 44.2 Å². The Balaban J connectivity index is 1.98. The standard InChI is InChI=1S/C16H21NO2/c1-10-4-3-5-11(8-10)13-9-12-6-7-14(17(12)2)15(13)16(18)19/h3-5,8,12-15H,6-7,9H2,1-2H3,(H,18,19). The number of carbonyl (C=O) groups is 1. The second-order valence-electron chi connectivity index (χ2n) is 6.08. The van der Waals surface area contributed by atoms with Gasteiger partial charge in [-0.1, -0.05) is 29.8 Å². The predicted octanol–water partition coefficient (Wildman–Crippen LogP) is 2.65. The van der Waals surface area contributed by atoms with E-state index in [-0.39, 0.29) is 17.9 Å². The Bertz CT molecular complexity index is 499. The molecule has 0 spiro atoms. The SMILES string of the molecule is Cc1cccc(C2CC3CCC(C2C(=O)O)N3C)c1. The zero-order chi connectivity index (χ0) is 13.6. The van der Waals surface area contributed by atoms with E-state index in [9.17, 15) is 9.90 Å². The van der Waals surface area contributed by atoms with Gasteiger partial charge in [0, 0.05) is 18.0 Å². The fraction of sp³-hybridized carbons (Fsp3) is 0.562. The fourth-order valence-corrected chi connectivity index (χ4v) is 4.05. The lowest BCUT2D eigenvalue weighted by Gasteiger charge is -2.41. The third-order valence-electron chi connectivity index (χ3n) is 5.02. The van der Waals surface area contributed by atoms with Crippen molar-refractivity contribution in [1.29, 1.82) is 0 Å². The summed E-state index contributed by atoms with van der Waals surface area (Å²) in [4.78, 5) is 14.0. The van der Waals surface area contributed by atoms with Crippen molar-refractivity contribution in [3.8, 4) is 0 Å². The lowest BCUT2D eigenvalue weighted by atomic mass is 9.76. The normalized spacial score (nSPS) is 34.4. The van der Waals surface area contributed by atoms with E-state index in [1.807, 2.05) is 6.07 Å². The summed E-state index contributed by atoms with van der Waals surface area (Å²) in [6, 6.07) is 9.14. The second kappa shape index (κ2) is 4.64. The van der Waals surface area contributed by atoms with Crippen LogP contribution in [0.4, 0.5) is 0 Å². The number of benzene rings is 1. The van der Waals surface area contributed by atoms with Crippen LogP contribution in [0.1, 0.15) is 36.3 Å². The first-order valence-electron chi connectivity index (χ1n) is 7.09. The van der Waals surface area contributed by atoms with E-state index in [1.54, 1.807) is 0 Å². The molecule has 2 aliphatic heterocycles. The zero-order valence-electron chi connectivity index (χ0n) is 11.5. The Morgan fingerprint density at radius 2 is 2.16 bits per heavy atom. The number of fused-ring (bicyclic) bond motifs is 2. The maximum absolute atomic E-state index is 11.7. The van der Waals surface area contributed by atoms with E-state index in [2.05, 4.69) is 37.1 Å². The number of piperidine rings is 1. The van der Waals surface area contributed by atoms with Crippen LogP contribution in [-0.4, -0.2) is 35.1 Å². The topological polar surface area (TPSA) is 40.5 Å². The summed E-state index contributed by atoms with van der Waals surface area (Å²) in [5, 5.41) is 9.65. The molecule has 4 atom stereocenters.